The van der Waals surface area contributed by atoms with E-state index in [9.17, 15) is 0 Å². The van der Waals surface area contributed by atoms with Gasteiger partial charge < -0.3 is 11.1 Å². The molecule has 2 nitrogen and oxygen atoms in total. The Hall–Kier alpha value is -0.840. The fourth-order valence-electron chi connectivity index (χ4n) is 2.96. The van der Waals surface area contributed by atoms with Crippen molar-refractivity contribution in [3.63, 3.8) is 0 Å². The molecular formula is C15H20N2S2. The first-order valence-corrected chi connectivity index (χ1v) is 8.69. The summed E-state index contributed by atoms with van der Waals surface area (Å²) in [4.78, 5) is 2.74. The summed E-state index contributed by atoms with van der Waals surface area (Å²) in [5.41, 5.74) is 6.90. The molecule has 0 bridgehead atoms. The molecule has 1 saturated carbocycles. The maximum Gasteiger partial charge on any atom is 0.0468 e. The van der Waals surface area contributed by atoms with Crippen LogP contribution in [0.1, 0.15) is 41.5 Å². The second kappa shape index (κ2) is 6.07. The molecule has 1 fully saturated rings. The van der Waals surface area contributed by atoms with Crippen LogP contribution in [0.4, 0.5) is 5.69 Å². The summed E-state index contributed by atoms with van der Waals surface area (Å²) < 4.78 is 0. The van der Waals surface area contributed by atoms with Crippen molar-refractivity contribution in [2.75, 3.05) is 5.73 Å². The van der Waals surface area contributed by atoms with Crippen molar-refractivity contribution in [2.24, 2.45) is 5.92 Å². The van der Waals surface area contributed by atoms with Gasteiger partial charge in [-0.3, -0.25) is 0 Å². The number of anilines is 1. The fourth-order valence-corrected chi connectivity index (χ4v) is 4.60. The summed E-state index contributed by atoms with van der Waals surface area (Å²) in [6, 6.07) is 6.92. The highest BCUT2D eigenvalue weighted by Crippen LogP contribution is 2.37. The number of rotatable bonds is 5. The lowest BCUT2D eigenvalue weighted by Crippen LogP contribution is -2.26. The van der Waals surface area contributed by atoms with Crippen molar-refractivity contribution >= 4 is 28.4 Å². The highest BCUT2D eigenvalue weighted by molar-refractivity contribution is 7.10. The molecule has 4 heteroatoms. The highest BCUT2D eigenvalue weighted by Gasteiger charge is 2.26. The van der Waals surface area contributed by atoms with E-state index in [4.69, 9.17) is 5.73 Å². The van der Waals surface area contributed by atoms with E-state index in [0.717, 1.165) is 18.2 Å². The molecule has 0 amide bonds. The third-order valence-electron chi connectivity index (χ3n) is 3.98. The van der Waals surface area contributed by atoms with Gasteiger partial charge in [0.2, 0.25) is 0 Å². The molecule has 2 heterocycles. The average molecular weight is 292 g/mol. The Morgan fingerprint density at radius 1 is 1.21 bits per heavy atom. The molecule has 3 rings (SSSR count). The average Bonchev–Trinajstić information content (AvgIpc) is 3.13. The lowest BCUT2D eigenvalue weighted by molar-refractivity contribution is 0.372. The minimum Gasteiger partial charge on any atom is -0.398 e. The summed E-state index contributed by atoms with van der Waals surface area (Å²) >= 11 is 3.62. The van der Waals surface area contributed by atoms with Crippen LogP contribution in [0.2, 0.25) is 0 Å². The Morgan fingerprint density at radius 2 is 2.05 bits per heavy atom. The van der Waals surface area contributed by atoms with E-state index in [1.807, 2.05) is 17.4 Å². The number of hydrogen-bond donors (Lipinski definition) is 2. The Morgan fingerprint density at radius 3 is 2.68 bits per heavy atom. The van der Waals surface area contributed by atoms with Gasteiger partial charge in [0.1, 0.15) is 0 Å². The first kappa shape index (κ1) is 13.2. The Kier molecular flexibility index (Phi) is 4.21. The minimum absolute atomic E-state index is 0.504. The molecule has 0 aliphatic heterocycles. The molecule has 1 unspecified atom stereocenters. The SMILES string of the molecule is Nc1ccsc1CNC(c1cccs1)C1CCCC1. The maximum absolute atomic E-state index is 5.97. The zero-order valence-corrected chi connectivity index (χ0v) is 12.6. The van der Waals surface area contributed by atoms with Gasteiger partial charge in [0.15, 0.2) is 0 Å². The van der Waals surface area contributed by atoms with Gasteiger partial charge in [-0.15, -0.1) is 22.7 Å². The van der Waals surface area contributed by atoms with Gasteiger partial charge in [0, 0.05) is 28.0 Å². The molecular weight excluding hydrogens is 272 g/mol. The van der Waals surface area contributed by atoms with Gasteiger partial charge in [-0.2, -0.15) is 0 Å². The quantitative estimate of drug-likeness (QED) is 0.856. The highest BCUT2D eigenvalue weighted by atomic mass is 32.1. The summed E-state index contributed by atoms with van der Waals surface area (Å²) in [6.07, 6.45) is 5.48. The lowest BCUT2D eigenvalue weighted by Gasteiger charge is -2.23. The summed E-state index contributed by atoms with van der Waals surface area (Å²) in [5.74, 6) is 0.792. The van der Waals surface area contributed by atoms with Crippen LogP contribution in [0.15, 0.2) is 29.0 Å². The van der Waals surface area contributed by atoms with Gasteiger partial charge in [-0.1, -0.05) is 18.9 Å². The number of nitrogens with one attached hydrogen (secondary N) is 1. The van der Waals surface area contributed by atoms with Crippen molar-refractivity contribution in [3.05, 3.63) is 38.7 Å². The van der Waals surface area contributed by atoms with Crippen LogP contribution in [0.3, 0.4) is 0 Å². The van der Waals surface area contributed by atoms with Gasteiger partial charge >= 0.3 is 0 Å². The predicted molar refractivity (Wildman–Crippen MR) is 84.6 cm³/mol. The lowest BCUT2D eigenvalue weighted by atomic mass is 9.96. The van der Waals surface area contributed by atoms with Crippen LogP contribution in [0.5, 0.6) is 0 Å². The second-order valence-corrected chi connectivity index (χ2v) is 7.20. The maximum atomic E-state index is 5.97. The molecule has 1 atom stereocenters. The van der Waals surface area contributed by atoms with Crippen LogP contribution < -0.4 is 11.1 Å². The monoisotopic (exact) mass is 292 g/mol. The molecule has 0 saturated heterocycles. The third kappa shape index (κ3) is 3.02. The van der Waals surface area contributed by atoms with Crippen molar-refractivity contribution in [1.29, 1.82) is 0 Å². The molecule has 0 radical (unpaired) electrons. The van der Waals surface area contributed by atoms with Gasteiger partial charge in [-0.05, 0) is 41.7 Å². The Balaban J connectivity index is 1.71. The molecule has 0 spiro atoms. The number of thiophene rings is 2. The van der Waals surface area contributed by atoms with E-state index in [0.29, 0.717) is 6.04 Å². The first-order chi connectivity index (χ1) is 9.34. The number of hydrogen-bond acceptors (Lipinski definition) is 4. The smallest absolute Gasteiger partial charge is 0.0468 e. The van der Waals surface area contributed by atoms with Crippen molar-refractivity contribution in [3.8, 4) is 0 Å². The first-order valence-electron chi connectivity index (χ1n) is 6.93. The zero-order chi connectivity index (χ0) is 13.1. The Labute approximate surface area is 122 Å². The largest absolute Gasteiger partial charge is 0.398 e. The van der Waals surface area contributed by atoms with E-state index in [1.54, 1.807) is 11.3 Å². The van der Waals surface area contributed by atoms with Gasteiger partial charge in [-0.25, -0.2) is 0 Å². The van der Waals surface area contributed by atoms with Gasteiger partial charge in [0.25, 0.3) is 0 Å². The third-order valence-corrected chi connectivity index (χ3v) is 5.88. The van der Waals surface area contributed by atoms with Crippen LogP contribution in [0.25, 0.3) is 0 Å². The van der Waals surface area contributed by atoms with E-state index in [-0.39, 0.29) is 0 Å². The van der Waals surface area contributed by atoms with Crippen LogP contribution >= 0.6 is 22.7 Å². The van der Waals surface area contributed by atoms with E-state index in [2.05, 4.69) is 28.2 Å². The standard InChI is InChI=1S/C15H20N2S2/c16-12-7-9-19-14(12)10-17-15(11-4-1-2-5-11)13-6-3-8-18-13/h3,6-9,11,15,17H,1-2,4-5,10,16H2. The van der Waals surface area contributed by atoms with Crippen LogP contribution in [0, 0.1) is 5.92 Å². The predicted octanol–water partition coefficient (Wildman–Crippen LogP) is 4.41. The molecule has 2 aromatic rings. The number of nitrogens with two attached hydrogens (primary N) is 1. The molecule has 102 valence electrons. The zero-order valence-electron chi connectivity index (χ0n) is 11.0. The molecule has 0 aromatic carbocycles. The molecule has 3 N–H and O–H groups in total. The molecule has 19 heavy (non-hydrogen) atoms. The van der Waals surface area contributed by atoms with Crippen LogP contribution in [-0.4, -0.2) is 0 Å². The van der Waals surface area contributed by atoms with E-state index >= 15 is 0 Å². The van der Waals surface area contributed by atoms with E-state index < -0.39 is 0 Å². The molecule has 1 aliphatic rings. The van der Waals surface area contributed by atoms with Crippen molar-refractivity contribution in [2.45, 2.75) is 38.3 Å². The fraction of sp³-hybridized carbons (Fsp3) is 0.467. The normalized spacial score (nSPS) is 17.9. The summed E-state index contributed by atoms with van der Waals surface area (Å²) in [5, 5.41) is 8.00. The topological polar surface area (TPSA) is 38.0 Å². The molecule has 2 aromatic heterocycles. The minimum atomic E-state index is 0.504. The second-order valence-electron chi connectivity index (χ2n) is 5.22. The van der Waals surface area contributed by atoms with Gasteiger partial charge in [0.05, 0.1) is 0 Å². The van der Waals surface area contributed by atoms with Crippen LogP contribution in [-0.2, 0) is 6.54 Å². The summed E-state index contributed by atoms with van der Waals surface area (Å²) in [7, 11) is 0. The molecule has 1 aliphatic carbocycles. The van der Waals surface area contributed by atoms with Crippen molar-refractivity contribution in [1.82, 2.24) is 5.32 Å². The number of nitrogen functional groups attached to an aromatic ring is 1. The van der Waals surface area contributed by atoms with E-state index in [1.165, 1.54) is 35.4 Å². The Bertz CT molecular complexity index is 498. The summed E-state index contributed by atoms with van der Waals surface area (Å²) in [6.45, 7) is 0.891. The van der Waals surface area contributed by atoms with Crippen molar-refractivity contribution < 1.29 is 0 Å².